The molecular formula is C17H15F3N6O4. The van der Waals surface area contributed by atoms with Crippen LogP contribution in [0.4, 0.5) is 18.9 Å². The molecule has 0 aromatic heterocycles. The van der Waals surface area contributed by atoms with E-state index in [1.165, 1.54) is 19.9 Å². The number of hydrogen-bond acceptors (Lipinski definition) is 7. The fourth-order valence-corrected chi connectivity index (χ4v) is 2.81. The van der Waals surface area contributed by atoms with Gasteiger partial charge in [-0.3, -0.25) is 14.4 Å². The normalized spacial score (nSPS) is 22.2. The molecule has 0 bridgehead atoms. The predicted molar refractivity (Wildman–Crippen MR) is 96.9 cm³/mol. The van der Waals surface area contributed by atoms with Gasteiger partial charge >= 0.3 is 12.1 Å². The van der Waals surface area contributed by atoms with Gasteiger partial charge in [-0.2, -0.15) is 38.6 Å². The van der Waals surface area contributed by atoms with E-state index in [9.17, 15) is 27.6 Å². The van der Waals surface area contributed by atoms with Crippen molar-refractivity contribution in [3.8, 4) is 0 Å². The first-order valence-electron chi connectivity index (χ1n) is 8.53. The lowest BCUT2D eigenvalue weighted by Gasteiger charge is -2.15. The molecule has 2 unspecified atom stereocenters. The number of hydrazone groups is 2. The number of aliphatic carboxylic acids is 1. The lowest BCUT2D eigenvalue weighted by Crippen LogP contribution is -2.34. The Balaban J connectivity index is 1.78. The minimum Gasteiger partial charge on any atom is -0.480 e. The molecule has 13 heteroatoms. The van der Waals surface area contributed by atoms with Crippen molar-refractivity contribution in [2.24, 2.45) is 20.4 Å². The molecule has 158 valence electrons. The summed E-state index contributed by atoms with van der Waals surface area (Å²) in [6.07, 6.45) is -4.59. The molecule has 1 aromatic rings. The van der Waals surface area contributed by atoms with E-state index in [0.29, 0.717) is 0 Å². The Kier molecular flexibility index (Phi) is 5.37. The van der Waals surface area contributed by atoms with Gasteiger partial charge in [0.15, 0.2) is 12.1 Å². The molecular weight excluding hydrogens is 409 g/mol. The molecule has 0 saturated heterocycles. The fourth-order valence-electron chi connectivity index (χ4n) is 2.81. The smallest absolute Gasteiger partial charge is 0.416 e. The molecule has 3 rings (SSSR count). The second kappa shape index (κ2) is 7.65. The summed E-state index contributed by atoms with van der Waals surface area (Å²) in [5.41, 5.74) is -0.662. The van der Waals surface area contributed by atoms with Crippen molar-refractivity contribution >= 4 is 34.9 Å². The summed E-state index contributed by atoms with van der Waals surface area (Å²) in [5, 5.41) is 25.7. The number of halogens is 3. The molecule has 2 aliphatic heterocycles. The quantitative estimate of drug-likeness (QED) is 0.725. The number of alkyl halides is 3. The van der Waals surface area contributed by atoms with Crippen molar-refractivity contribution in [3.63, 3.8) is 0 Å². The molecule has 30 heavy (non-hydrogen) atoms. The lowest BCUT2D eigenvalue weighted by molar-refractivity contribution is -0.143. The minimum atomic E-state index is -4.59. The van der Waals surface area contributed by atoms with Crippen LogP contribution in [0.15, 0.2) is 44.7 Å². The Morgan fingerprint density at radius 2 is 1.70 bits per heavy atom. The largest absolute Gasteiger partial charge is 0.480 e. The zero-order valence-electron chi connectivity index (χ0n) is 15.7. The maximum Gasteiger partial charge on any atom is 0.416 e. The van der Waals surface area contributed by atoms with Gasteiger partial charge in [-0.15, -0.1) is 0 Å². The topological polar surface area (TPSA) is 127 Å². The minimum absolute atomic E-state index is 0.0887. The summed E-state index contributed by atoms with van der Waals surface area (Å²) in [6.45, 7) is 2.26. The van der Waals surface area contributed by atoms with Gasteiger partial charge in [0.25, 0.3) is 11.8 Å². The van der Waals surface area contributed by atoms with E-state index in [4.69, 9.17) is 5.11 Å². The molecule has 0 spiro atoms. The third-order valence-corrected chi connectivity index (χ3v) is 4.26. The summed E-state index contributed by atoms with van der Waals surface area (Å²) >= 11 is 0. The molecule has 2 amide bonds. The van der Waals surface area contributed by atoms with Gasteiger partial charge < -0.3 is 5.11 Å². The van der Waals surface area contributed by atoms with Crippen molar-refractivity contribution in [2.75, 3.05) is 11.6 Å². The van der Waals surface area contributed by atoms with Crippen molar-refractivity contribution in [1.82, 2.24) is 5.01 Å². The highest BCUT2D eigenvalue weighted by molar-refractivity contribution is 6.18. The van der Waals surface area contributed by atoms with Crippen LogP contribution in [0.25, 0.3) is 0 Å². The second-order valence-electron chi connectivity index (χ2n) is 6.51. The third-order valence-electron chi connectivity index (χ3n) is 4.26. The lowest BCUT2D eigenvalue weighted by atomic mass is 10.1. The second-order valence-corrected chi connectivity index (χ2v) is 6.51. The van der Waals surface area contributed by atoms with Crippen molar-refractivity contribution in [1.29, 1.82) is 0 Å². The number of benzene rings is 1. The number of azo groups is 1. The number of carboxylic acids is 1. The van der Waals surface area contributed by atoms with Crippen LogP contribution < -0.4 is 5.01 Å². The van der Waals surface area contributed by atoms with Crippen LogP contribution in [0.5, 0.6) is 0 Å². The molecule has 0 fully saturated rings. The van der Waals surface area contributed by atoms with E-state index in [-0.39, 0.29) is 17.1 Å². The maximum absolute atomic E-state index is 12.9. The van der Waals surface area contributed by atoms with Crippen LogP contribution in [-0.2, 0) is 20.6 Å². The fraction of sp³-hybridized carbons (Fsp3) is 0.353. The van der Waals surface area contributed by atoms with Gasteiger partial charge in [-0.1, -0.05) is 6.07 Å². The average Bonchev–Trinajstić information content (AvgIpc) is 3.08. The Hall–Kier alpha value is -3.64. The molecule has 1 aromatic carbocycles. The highest BCUT2D eigenvalue weighted by Crippen LogP contribution is 2.33. The number of rotatable bonds is 5. The first-order chi connectivity index (χ1) is 14.0. The zero-order chi connectivity index (χ0) is 22.2. The van der Waals surface area contributed by atoms with E-state index in [2.05, 4.69) is 20.4 Å². The molecule has 0 radical (unpaired) electrons. The Bertz CT molecular complexity index is 1000. The van der Waals surface area contributed by atoms with E-state index >= 15 is 0 Å². The molecule has 0 aliphatic carbocycles. The molecule has 2 atom stereocenters. The third kappa shape index (κ3) is 4.04. The average molecular weight is 424 g/mol. The van der Waals surface area contributed by atoms with Crippen LogP contribution in [0, 0.1) is 0 Å². The summed E-state index contributed by atoms with van der Waals surface area (Å²) in [5.74, 6) is -2.71. The summed E-state index contributed by atoms with van der Waals surface area (Å²) in [7, 11) is 0. The molecule has 1 N–H and O–H groups in total. The van der Waals surface area contributed by atoms with Gasteiger partial charge in [0.2, 0.25) is 0 Å². The van der Waals surface area contributed by atoms with E-state index in [1.54, 1.807) is 0 Å². The zero-order valence-corrected chi connectivity index (χ0v) is 15.7. The van der Waals surface area contributed by atoms with Crippen LogP contribution >= 0.6 is 0 Å². The van der Waals surface area contributed by atoms with Gasteiger partial charge in [0, 0.05) is 0 Å². The Morgan fingerprint density at radius 1 is 1.10 bits per heavy atom. The van der Waals surface area contributed by atoms with Crippen LogP contribution in [0.3, 0.4) is 0 Å². The molecule has 0 saturated carbocycles. The Morgan fingerprint density at radius 3 is 2.30 bits per heavy atom. The highest BCUT2D eigenvalue weighted by Gasteiger charge is 2.39. The van der Waals surface area contributed by atoms with E-state index in [0.717, 1.165) is 28.2 Å². The standard InChI is InChI=1S/C17H15F3N6O4/c1-8-13(15(29)25(23-8)7-12(27)28)21-22-14-9(2)24-26(16(14)30)11-5-3-4-10(6-11)17(18,19)20/h3-6,13-14H,7H2,1-2H3,(H,27,28)/b22-21+. The molecule has 2 heterocycles. The number of anilines is 1. The first kappa shape index (κ1) is 21.1. The number of amides is 2. The summed E-state index contributed by atoms with van der Waals surface area (Å²) in [6, 6.07) is 1.69. The van der Waals surface area contributed by atoms with Gasteiger partial charge in [0.05, 0.1) is 22.7 Å². The Labute approximate surface area is 167 Å². The maximum atomic E-state index is 12.9. The molecule has 2 aliphatic rings. The predicted octanol–water partition coefficient (Wildman–Crippen LogP) is 1.92. The van der Waals surface area contributed by atoms with Crippen LogP contribution in [-0.4, -0.2) is 58.0 Å². The number of carbonyl (C=O) groups excluding carboxylic acids is 2. The number of carboxylic acid groups (broad SMARTS) is 1. The monoisotopic (exact) mass is 424 g/mol. The van der Waals surface area contributed by atoms with Gasteiger partial charge in [-0.05, 0) is 32.0 Å². The van der Waals surface area contributed by atoms with Crippen molar-refractivity contribution < 1.29 is 32.7 Å². The number of hydrogen-bond donors (Lipinski definition) is 1. The molecule has 10 nitrogen and oxygen atoms in total. The van der Waals surface area contributed by atoms with Crippen LogP contribution in [0.1, 0.15) is 19.4 Å². The van der Waals surface area contributed by atoms with Gasteiger partial charge in [-0.25, -0.2) is 5.01 Å². The summed E-state index contributed by atoms with van der Waals surface area (Å²) in [4.78, 5) is 35.6. The SMILES string of the molecule is CC1=NN(CC(=O)O)C(=O)C1/N=N/C1C(=O)N(c2cccc(C(F)(F)F)c2)N=C1C. The van der Waals surface area contributed by atoms with Crippen molar-refractivity contribution in [3.05, 3.63) is 29.8 Å². The van der Waals surface area contributed by atoms with Gasteiger partial charge in [0.1, 0.15) is 6.54 Å². The number of nitrogens with zero attached hydrogens (tertiary/aromatic N) is 6. The number of carbonyl (C=O) groups is 3. The van der Waals surface area contributed by atoms with Crippen molar-refractivity contribution in [2.45, 2.75) is 32.1 Å². The van der Waals surface area contributed by atoms with E-state index in [1.807, 2.05) is 0 Å². The first-order valence-corrected chi connectivity index (χ1v) is 8.53. The highest BCUT2D eigenvalue weighted by atomic mass is 19.4. The van der Waals surface area contributed by atoms with Crippen LogP contribution in [0.2, 0.25) is 0 Å². The van der Waals surface area contributed by atoms with E-state index < -0.39 is 48.2 Å². The summed E-state index contributed by atoms with van der Waals surface area (Å²) < 4.78 is 38.8.